The average Bonchev–Trinajstić information content (AvgIpc) is 3.38. The molecule has 31 heavy (non-hydrogen) atoms. The Morgan fingerprint density at radius 3 is 2.68 bits per heavy atom. The quantitative estimate of drug-likeness (QED) is 0.447. The molecular weight excluding hydrogens is 398 g/mol. The third-order valence-electron chi connectivity index (χ3n) is 5.09. The summed E-state index contributed by atoms with van der Waals surface area (Å²) in [5, 5.41) is 8.09. The molecule has 0 amide bonds. The fourth-order valence-electron chi connectivity index (χ4n) is 3.35. The summed E-state index contributed by atoms with van der Waals surface area (Å²) < 4.78 is 12.1. The highest BCUT2D eigenvalue weighted by Gasteiger charge is 2.15. The standard InChI is InChI=1S/C21H23N7O3/c1-4-14-5-7-15(8-6-14)19-24-17(31-27-19)11-30-18(29)10-9-16-12(2)23-21-25-20(22)26-28(21)13(16)3/h5-8H,4,9-11H2,1-3H3,(H2,22,26). The van der Waals surface area contributed by atoms with E-state index in [1.807, 2.05) is 38.1 Å². The van der Waals surface area contributed by atoms with Gasteiger partial charge in [0.05, 0.1) is 0 Å². The van der Waals surface area contributed by atoms with Crippen LogP contribution >= 0.6 is 0 Å². The van der Waals surface area contributed by atoms with E-state index in [9.17, 15) is 4.79 Å². The number of nitrogen functional groups attached to an aromatic ring is 1. The summed E-state index contributed by atoms with van der Waals surface area (Å²) in [4.78, 5) is 25.0. The maximum atomic E-state index is 12.2. The third kappa shape index (κ3) is 4.37. The highest BCUT2D eigenvalue weighted by molar-refractivity contribution is 5.69. The first-order chi connectivity index (χ1) is 14.9. The Kier molecular flexibility index (Phi) is 5.61. The predicted molar refractivity (Wildman–Crippen MR) is 112 cm³/mol. The summed E-state index contributed by atoms with van der Waals surface area (Å²) >= 11 is 0. The summed E-state index contributed by atoms with van der Waals surface area (Å²) in [7, 11) is 0. The van der Waals surface area contributed by atoms with E-state index < -0.39 is 0 Å². The number of rotatable bonds is 7. The van der Waals surface area contributed by atoms with Crippen molar-refractivity contribution in [2.45, 2.75) is 46.6 Å². The highest BCUT2D eigenvalue weighted by atomic mass is 16.6. The van der Waals surface area contributed by atoms with Gasteiger partial charge in [0.15, 0.2) is 6.61 Å². The van der Waals surface area contributed by atoms with Gasteiger partial charge in [0.2, 0.25) is 11.8 Å². The molecule has 0 aliphatic carbocycles. The van der Waals surface area contributed by atoms with Gasteiger partial charge in [-0.2, -0.15) is 14.5 Å². The number of carbonyl (C=O) groups is 1. The number of aromatic nitrogens is 6. The lowest BCUT2D eigenvalue weighted by Crippen LogP contribution is -2.10. The average molecular weight is 421 g/mol. The Bertz CT molecular complexity index is 1230. The smallest absolute Gasteiger partial charge is 0.306 e. The zero-order valence-electron chi connectivity index (χ0n) is 17.6. The van der Waals surface area contributed by atoms with Crippen LogP contribution in [0.15, 0.2) is 28.8 Å². The number of esters is 1. The predicted octanol–water partition coefficient (Wildman–Crippen LogP) is 2.61. The molecule has 3 aromatic heterocycles. The van der Waals surface area contributed by atoms with Crippen LogP contribution in [0.2, 0.25) is 0 Å². The van der Waals surface area contributed by atoms with Crippen LogP contribution in [0.3, 0.4) is 0 Å². The van der Waals surface area contributed by atoms with E-state index in [4.69, 9.17) is 15.0 Å². The van der Waals surface area contributed by atoms with Crippen molar-refractivity contribution >= 4 is 17.7 Å². The van der Waals surface area contributed by atoms with Crippen LogP contribution in [0.4, 0.5) is 5.95 Å². The number of hydrogen-bond acceptors (Lipinski definition) is 9. The number of aryl methyl sites for hydroxylation is 3. The monoisotopic (exact) mass is 421 g/mol. The number of nitrogens with two attached hydrogens (primary N) is 1. The van der Waals surface area contributed by atoms with Crippen molar-refractivity contribution in [1.29, 1.82) is 0 Å². The van der Waals surface area contributed by atoms with Crippen molar-refractivity contribution in [3.8, 4) is 11.4 Å². The second kappa shape index (κ2) is 8.50. The van der Waals surface area contributed by atoms with Gasteiger partial charge in [0.25, 0.3) is 11.7 Å². The van der Waals surface area contributed by atoms with E-state index in [1.165, 1.54) is 5.56 Å². The molecule has 4 rings (SSSR count). The van der Waals surface area contributed by atoms with E-state index in [0.29, 0.717) is 18.0 Å². The molecule has 4 aromatic rings. The Hall–Kier alpha value is -3.82. The van der Waals surface area contributed by atoms with Gasteiger partial charge in [-0.3, -0.25) is 4.79 Å². The Morgan fingerprint density at radius 1 is 1.16 bits per heavy atom. The van der Waals surface area contributed by atoms with Gasteiger partial charge in [0, 0.05) is 23.4 Å². The van der Waals surface area contributed by atoms with E-state index >= 15 is 0 Å². The van der Waals surface area contributed by atoms with Crippen LogP contribution in [0.1, 0.15) is 41.8 Å². The maximum absolute atomic E-state index is 12.2. The molecule has 160 valence electrons. The first-order valence-corrected chi connectivity index (χ1v) is 10.0. The minimum absolute atomic E-state index is 0.0757. The number of carbonyl (C=O) groups excluding carboxylic acids is 1. The first kappa shape index (κ1) is 20.5. The van der Waals surface area contributed by atoms with Crippen molar-refractivity contribution in [3.63, 3.8) is 0 Å². The molecule has 2 N–H and O–H groups in total. The fourth-order valence-corrected chi connectivity index (χ4v) is 3.35. The molecule has 0 saturated carbocycles. The van der Waals surface area contributed by atoms with Crippen LogP contribution in [-0.4, -0.2) is 35.7 Å². The van der Waals surface area contributed by atoms with Crippen molar-refractivity contribution < 1.29 is 14.1 Å². The van der Waals surface area contributed by atoms with Crippen molar-refractivity contribution in [2.75, 3.05) is 5.73 Å². The first-order valence-electron chi connectivity index (χ1n) is 10.0. The van der Waals surface area contributed by atoms with Gasteiger partial charge in [-0.25, -0.2) is 4.98 Å². The molecule has 1 aromatic carbocycles. The van der Waals surface area contributed by atoms with Gasteiger partial charge < -0.3 is 15.0 Å². The summed E-state index contributed by atoms with van der Waals surface area (Å²) in [5.74, 6) is 0.939. The van der Waals surface area contributed by atoms with Crippen molar-refractivity contribution in [1.82, 2.24) is 29.7 Å². The fraction of sp³-hybridized carbons (Fsp3) is 0.333. The van der Waals surface area contributed by atoms with Crippen molar-refractivity contribution in [3.05, 3.63) is 52.7 Å². The van der Waals surface area contributed by atoms with Crippen LogP contribution in [-0.2, 0) is 29.0 Å². The Morgan fingerprint density at radius 2 is 1.94 bits per heavy atom. The van der Waals surface area contributed by atoms with Crippen LogP contribution < -0.4 is 5.73 Å². The molecule has 10 nitrogen and oxygen atoms in total. The van der Waals surface area contributed by atoms with Crippen LogP contribution in [0, 0.1) is 13.8 Å². The number of fused-ring (bicyclic) bond motifs is 1. The lowest BCUT2D eigenvalue weighted by atomic mass is 10.1. The number of anilines is 1. The van der Waals surface area contributed by atoms with Gasteiger partial charge >= 0.3 is 5.97 Å². The topological polar surface area (TPSA) is 134 Å². The van der Waals surface area contributed by atoms with E-state index in [1.54, 1.807) is 4.52 Å². The second-order valence-corrected chi connectivity index (χ2v) is 7.17. The lowest BCUT2D eigenvalue weighted by Gasteiger charge is -2.09. The summed E-state index contributed by atoms with van der Waals surface area (Å²) in [5.41, 5.74) is 10.3. The minimum atomic E-state index is -0.371. The third-order valence-corrected chi connectivity index (χ3v) is 5.09. The molecule has 0 bridgehead atoms. The Labute approximate surface area is 178 Å². The molecule has 0 spiro atoms. The summed E-state index contributed by atoms with van der Waals surface area (Å²) in [6.45, 7) is 5.78. The molecule has 0 radical (unpaired) electrons. The van der Waals surface area contributed by atoms with E-state index in [2.05, 4.69) is 32.1 Å². The lowest BCUT2D eigenvalue weighted by molar-refractivity contribution is -0.145. The number of ether oxygens (including phenoxy) is 1. The molecule has 0 aliphatic rings. The SMILES string of the molecule is CCc1ccc(-c2noc(COC(=O)CCc3c(C)nc4nc(N)nn4c3C)n2)cc1. The molecule has 0 unspecified atom stereocenters. The highest BCUT2D eigenvalue weighted by Crippen LogP contribution is 2.18. The molecule has 0 atom stereocenters. The van der Waals surface area contributed by atoms with E-state index in [0.717, 1.165) is 28.9 Å². The van der Waals surface area contributed by atoms with E-state index in [-0.39, 0.29) is 30.8 Å². The van der Waals surface area contributed by atoms with Gasteiger partial charge in [-0.05, 0) is 37.8 Å². The summed E-state index contributed by atoms with van der Waals surface area (Å²) in [6.07, 6.45) is 1.60. The normalized spacial score (nSPS) is 11.2. The number of benzene rings is 1. The molecule has 0 saturated heterocycles. The van der Waals surface area contributed by atoms with Crippen molar-refractivity contribution in [2.24, 2.45) is 0 Å². The zero-order valence-corrected chi connectivity index (χ0v) is 17.6. The summed E-state index contributed by atoms with van der Waals surface area (Å²) in [6, 6.07) is 7.93. The molecule has 0 aliphatic heterocycles. The maximum Gasteiger partial charge on any atom is 0.306 e. The molecule has 0 fully saturated rings. The molecule has 3 heterocycles. The van der Waals surface area contributed by atoms with Gasteiger partial charge in [-0.15, -0.1) is 5.10 Å². The Balaban J connectivity index is 1.35. The van der Waals surface area contributed by atoms with Crippen LogP contribution in [0.25, 0.3) is 17.2 Å². The van der Waals surface area contributed by atoms with Gasteiger partial charge in [-0.1, -0.05) is 36.3 Å². The molecule has 10 heteroatoms. The second-order valence-electron chi connectivity index (χ2n) is 7.17. The number of nitrogens with zero attached hydrogens (tertiary/aromatic N) is 6. The zero-order chi connectivity index (χ0) is 22.0. The molecular formula is C21H23N7O3. The van der Waals surface area contributed by atoms with Gasteiger partial charge in [0.1, 0.15) is 0 Å². The number of hydrogen-bond donors (Lipinski definition) is 1. The van der Waals surface area contributed by atoms with Crippen LogP contribution in [0.5, 0.6) is 0 Å². The largest absolute Gasteiger partial charge is 0.456 e. The minimum Gasteiger partial charge on any atom is -0.456 e.